The van der Waals surface area contributed by atoms with E-state index in [4.69, 9.17) is 4.42 Å². The van der Waals surface area contributed by atoms with Crippen LogP contribution < -0.4 is 5.32 Å². The molecule has 1 aromatic carbocycles. The number of carbonyl (C=O) groups excluding carboxylic acids is 2. The minimum absolute atomic E-state index is 0.0738. The maximum atomic E-state index is 14.2. The lowest BCUT2D eigenvalue weighted by molar-refractivity contribution is 0.0734. The van der Waals surface area contributed by atoms with Gasteiger partial charge in [0, 0.05) is 25.0 Å². The van der Waals surface area contributed by atoms with E-state index in [1.165, 1.54) is 12.1 Å². The van der Waals surface area contributed by atoms with Crippen molar-refractivity contribution in [1.29, 1.82) is 0 Å². The Bertz CT molecular complexity index is 1060. The third-order valence-electron chi connectivity index (χ3n) is 5.44. The molecular formula is C26H32FN3O3. The summed E-state index contributed by atoms with van der Waals surface area (Å²) in [5, 5.41) is 2.88. The van der Waals surface area contributed by atoms with E-state index < -0.39 is 5.82 Å². The summed E-state index contributed by atoms with van der Waals surface area (Å²) in [5.74, 6) is -0.126. The SMILES string of the molecule is CCCCCNC(=O)c1ccc(Cn2cccc2CN(CCC)C(=O)c2ccccc2F)o1. The summed E-state index contributed by atoms with van der Waals surface area (Å²) in [6.07, 6.45) is 5.79. The first-order valence-electron chi connectivity index (χ1n) is 11.6. The maximum Gasteiger partial charge on any atom is 0.286 e. The van der Waals surface area contributed by atoms with Crippen molar-refractivity contribution in [3.63, 3.8) is 0 Å². The minimum atomic E-state index is -0.518. The predicted molar refractivity (Wildman–Crippen MR) is 126 cm³/mol. The van der Waals surface area contributed by atoms with Gasteiger partial charge in [-0.2, -0.15) is 0 Å². The summed E-state index contributed by atoms with van der Waals surface area (Å²) in [4.78, 5) is 26.9. The quantitative estimate of drug-likeness (QED) is 0.381. The average Bonchev–Trinajstić information content (AvgIpc) is 3.46. The fourth-order valence-electron chi connectivity index (χ4n) is 3.69. The van der Waals surface area contributed by atoms with Crippen molar-refractivity contribution in [2.24, 2.45) is 0 Å². The van der Waals surface area contributed by atoms with Crippen molar-refractivity contribution in [2.75, 3.05) is 13.1 Å². The molecule has 2 aromatic heterocycles. The number of nitrogens with zero attached hydrogens (tertiary/aromatic N) is 2. The molecule has 0 unspecified atom stereocenters. The van der Waals surface area contributed by atoms with Gasteiger partial charge in [0.2, 0.25) is 0 Å². The van der Waals surface area contributed by atoms with Gasteiger partial charge in [0.1, 0.15) is 11.6 Å². The van der Waals surface area contributed by atoms with E-state index in [-0.39, 0.29) is 23.1 Å². The second-order valence-corrected chi connectivity index (χ2v) is 8.06. The molecule has 0 aliphatic heterocycles. The molecule has 2 heterocycles. The molecule has 0 saturated carbocycles. The van der Waals surface area contributed by atoms with Gasteiger partial charge < -0.3 is 19.2 Å². The Labute approximate surface area is 194 Å². The molecule has 6 nitrogen and oxygen atoms in total. The first kappa shape index (κ1) is 24.3. The van der Waals surface area contributed by atoms with Crippen LogP contribution in [0, 0.1) is 5.82 Å². The van der Waals surface area contributed by atoms with Gasteiger partial charge in [0.05, 0.1) is 18.7 Å². The number of furan rings is 1. The van der Waals surface area contributed by atoms with E-state index in [1.54, 1.807) is 29.2 Å². The van der Waals surface area contributed by atoms with Crippen molar-refractivity contribution in [3.8, 4) is 0 Å². The zero-order chi connectivity index (χ0) is 23.6. The molecule has 1 N–H and O–H groups in total. The zero-order valence-electron chi connectivity index (χ0n) is 19.4. The number of carbonyl (C=O) groups is 2. The Morgan fingerprint density at radius 1 is 1.03 bits per heavy atom. The fraction of sp³-hybridized carbons (Fsp3) is 0.385. The van der Waals surface area contributed by atoms with Crippen LogP contribution in [-0.2, 0) is 13.1 Å². The maximum absolute atomic E-state index is 14.2. The number of halogens is 1. The van der Waals surface area contributed by atoms with Crippen LogP contribution in [0.4, 0.5) is 4.39 Å². The molecule has 0 spiro atoms. The van der Waals surface area contributed by atoms with Crippen molar-refractivity contribution >= 4 is 11.8 Å². The molecule has 0 bridgehead atoms. The third-order valence-corrected chi connectivity index (χ3v) is 5.44. The molecule has 3 aromatic rings. The van der Waals surface area contributed by atoms with Gasteiger partial charge in [-0.05, 0) is 49.2 Å². The van der Waals surface area contributed by atoms with E-state index in [0.29, 0.717) is 31.9 Å². The second-order valence-electron chi connectivity index (χ2n) is 8.06. The molecule has 2 amide bonds. The molecule has 0 atom stereocenters. The summed E-state index contributed by atoms with van der Waals surface area (Å²) >= 11 is 0. The molecule has 0 fully saturated rings. The van der Waals surface area contributed by atoms with E-state index in [9.17, 15) is 14.0 Å². The minimum Gasteiger partial charge on any atom is -0.454 e. The van der Waals surface area contributed by atoms with Crippen LogP contribution in [-0.4, -0.2) is 34.4 Å². The largest absolute Gasteiger partial charge is 0.454 e. The highest BCUT2D eigenvalue weighted by molar-refractivity contribution is 5.94. The molecular weight excluding hydrogens is 421 g/mol. The summed E-state index contributed by atoms with van der Waals surface area (Å²) in [7, 11) is 0. The van der Waals surface area contributed by atoms with Gasteiger partial charge in [0.25, 0.3) is 11.8 Å². The van der Waals surface area contributed by atoms with Crippen LogP contribution in [0.3, 0.4) is 0 Å². The van der Waals surface area contributed by atoms with Gasteiger partial charge in [-0.3, -0.25) is 9.59 Å². The first-order valence-corrected chi connectivity index (χ1v) is 11.6. The Morgan fingerprint density at radius 3 is 2.61 bits per heavy atom. The van der Waals surface area contributed by atoms with Gasteiger partial charge in [0.15, 0.2) is 5.76 Å². The highest BCUT2D eigenvalue weighted by atomic mass is 19.1. The first-order chi connectivity index (χ1) is 16.0. The Hall–Kier alpha value is -3.35. The van der Waals surface area contributed by atoms with Crippen LogP contribution in [0.5, 0.6) is 0 Å². The highest BCUT2D eigenvalue weighted by Crippen LogP contribution is 2.17. The molecule has 3 rings (SSSR count). The number of benzene rings is 1. The van der Waals surface area contributed by atoms with E-state index in [2.05, 4.69) is 12.2 Å². The lowest BCUT2D eigenvalue weighted by Crippen LogP contribution is -2.32. The molecule has 0 radical (unpaired) electrons. The standard InChI is InChI=1S/C26H32FN3O3/c1-3-5-8-15-28-25(31)24-14-13-21(33-24)19-29-17-9-10-20(29)18-30(16-4-2)26(32)22-11-6-7-12-23(22)27/h6-7,9-14,17H,3-5,8,15-16,18-19H2,1-2H3,(H,28,31). The Kier molecular flexibility index (Phi) is 8.87. The number of hydrogen-bond donors (Lipinski definition) is 1. The lowest BCUT2D eigenvalue weighted by Gasteiger charge is -2.23. The topological polar surface area (TPSA) is 67.5 Å². The summed E-state index contributed by atoms with van der Waals surface area (Å²) in [6.45, 7) is 6.03. The van der Waals surface area contributed by atoms with E-state index in [1.807, 2.05) is 29.8 Å². The molecule has 0 aliphatic carbocycles. The summed E-state index contributed by atoms with van der Waals surface area (Å²) in [5.41, 5.74) is 0.972. The summed E-state index contributed by atoms with van der Waals surface area (Å²) < 4.78 is 21.9. The number of aromatic nitrogens is 1. The van der Waals surface area contributed by atoms with Crippen molar-refractivity contribution in [3.05, 3.63) is 83.3 Å². The third kappa shape index (κ3) is 6.57. The monoisotopic (exact) mass is 453 g/mol. The number of nitrogens with one attached hydrogen (secondary N) is 1. The van der Waals surface area contributed by atoms with Gasteiger partial charge >= 0.3 is 0 Å². The zero-order valence-corrected chi connectivity index (χ0v) is 19.4. The second kappa shape index (κ2) is 12.0. The fourth-order valence-corrected chi connectivity index (χ4v) is 3.69. The predicted octanol–water partition coefficient (Wildman–Crippen LogP) is 5.24. The lowest BCUT2D eigenvalue weighted by atomic mass is 10.1. The summed E-state index contributed by atoms with van der Waals surface area (Å²) in [6, 6.07) is 13.4. The smallest absolute Gasteiger partial charge is 0.286 e. The highest BCUT2D eigenvalue weighted by Gasteiger charge is 2.20. The molecule has 7 heteroatoms. The van der Waals surface area contributed by atoms with E-state index in [0.717, 1.165) is 31.4 Å². The average molecular weight is 454 g/mol. The van der Waals surface area contributed by atoms with Crippen LogP contribution in [0.15, 0.2) is 59.1 Å². The Balaban J connectivity index is 1.67. The molecule has 0 aliphatic rings. The van der Waals surface area contributed by atoms with E-state index >= 15 is 0 Å². The molecule has 33 heavy (non-hydrogen) atoms. The van der Waals surface area contributed by atoms with Crippen molar-refractivity contribution in [1.82, 2.24) is 14.8 Å². The van der Waals surface area contributed by atoms with Crippen molar-refractivity contribution < 1.29 is 18.4 Å². The molecule has 0 saturated heterocycles. The normalized spacial score (nSPS) is 10.9. The van der Waals surface area contributed by atoms with Crippen LogP contribution in [0.2, 0.25) is 0 Å². The number of hydrogen-bond acceptors (Lipinski definition) is 3. The van der Waals surface area contributed by atoms with Crippen LogP contribution in [0.25, 0.3) is 0 Å². The van der Waals surface area contributed by atoms with Gasteiger partial charge in [-0.25, -0.2) is 4.39 Å². The van der Waals surface area contributed by atoms with Crippen molar-refractivity contribution in [2.45, 2.75) is 52.6 Å². The van der Waals surface area contributed by atoms with Crippen LogP contribution in [0.1, 0.15) is 71.9 Å². The Morgan fingerprint density at radius 2 is 1.85 bits per heavy atom. The van der Waals surface area contributed by atoms with Gasteiger partial charge in [-0.15, -0.1) is 0 Å². The number of rotatable bonds is 12. The van der Waals surface area contributed by atoms with Crippen LogP contribution >= 0.6 is 0 Å². The number of amides is 2. The molecule has 176 valence electrons. The number of unbranched alkanes of at least 4 members (excludes halogenated alkanes) is 2. The van der Waals surface area contributed by atoms with Gasteiger partial charge in [-0.1, -0.05) is 38.8 Å².